The van der Waals surface area contributed by atoms with Crippen molar-refractivity contribution in [2.45, 2.75) is 72.8 Å². The number of aromatic hydroxyl groups is 1. The van der Waals surface area contributed by atoms with Crippen molar-refractivity contribution in [1.29, 1.82) is 0 Å². The molecular weight excluding hydrogens is 476 g/mol. The van der Waals surface area contributed by atoms with Crippen molar-refractivity contribution in [3.05, 3.63) is 28.8 Å². The molecule has 3 aliphatic rings. The molecule has 0 spiro atoms. The van der Waals surface area contributed by atoms with Crippen LogP contribution in [0.25, 0.3) is 0 Å². The predicted molar refractivity (Wildman–Crippen MR) is 132 cm³/mol. The van der Waals surface area contributed by atoms with E-state index in [1.54, 1.807) is 33.8 Å². The lowest BCUT2D eigenvalue weighted by Crippen LogP contribution is -2.76. The van der Waals surface area contributed by atoms with E-state index in [2.05, 4.69) is 0 Å². The first-order valence-corrected chi connectivity index (χ1v) is 12.8. The van der Waals surface area contributed by atoms with Crippen molar-refractivity contribution in [2.75, 3.05) is 0 Å². The molecule has 0 amide bonds. The minimum atomic E-state index is -2.70. The molecule has 4 rings (SSSR count). The van der Waals surface area contributed by atoms with Crippen LogP contribution in [-0.4, -0.2) is 50.5 Å². The molecule has 8 nitrogen and oxygen atoms in total. The van der Waals surface area contributed by atoms with Crippen molar-refractivity contribution < 1.29 is 39.0 Å². The van der Waals surface area contributed by atoms with E-state index in [0.29, 0.717) is 17.5 Å². The van der Waals surface area contributed by atoms with Crippen molar-refractivity contribution in [3.63, 3.8) is 0 Å². The van der Waals surface area contributed by atoms with E-state index in [9.17, 15) is 39.0 Å². The van der Waals surface area contributed by atoms with E-state index >= 15 is 0 Å². The SMILES string of the molecule is CC(=O)CCc1ccc(O)c2c1C[C@]1(C)C[C@]3(C)C(C(C)C)C(=O)C(C(C)=O)C(=O)[C@]3(O)C(=O)C1C2=O. The molecule has 0 bridgehead atoms. The molecule has 2 fully saturated rings. The van der Waals surface area contributed by atoms with Gasteiger partial charge in [-0.3, -0.25) is 24.0 Å². The van der Waals surface area contributed by atoms with E-state index in [1.165, 1.54) is 13.0 Å². The number of Topliss-reactive ketones (excluding diaryl/α,β-unsaturated/α-hetero) is 6. The number of hydrogen-bond donors (Lipinski definition) is 2. The minimum absolute atomic E-state index is 0.00480. The average molecular weight is 511 g/mol. The van der Waals surface area contributed by atoms with Crippen molar-refractivity contribution in [1.82, 2.24) is 0 Å². The molecule has 0 radical (unpaired) electrons. The van der Waals surface area contributed by atoms with Gasteiger partial charge in [0.1, 0.15) is 23.2 Å². The molecule has 2 saturated carbocycles. The molecule has 1 aromatic carbocycles. The molecule has 198 valence electrons. The first-order chi connectivity index (χ1) is 17.0. The largest absolute Gasteiger partial charge is 0.507 e. The summed E-state index contributed by atoms with van der Waals surface area (Å²) in [6.45, 7) is 9.34. The Bertz CT molecular complexity index is 1270. The minimum Gasteiger partial charge on any atom is -0.507 e. The van der Waals surface area contributed by atoms with Gasteiger partial charge in [0.05, 0.1) is 11.5 Å². The van der Waals surface area contributed by atoms with E-state index in [4.69, 9.17) is 0 Å². The molecule has 8 heteroatoms. The zero-order valence-electron chi connectivity index (χ0n) is 22.1. The third kappa shape index (κ3) is 3.51. The Morgan fingerprint density at radius 1 is 1.05 bits per heavy atom. The fraction of sp³-hybridized carbons (Fsp3) is 0.586. The van der Waals surface area contributed by atoms with Gasteiger partial charge in [0, 0.05) is 17.8 Å². The topological polar surface area (TPSA) is 143 Å². The summed E-state index contributed by atoms with van der Waals surface area (Å²) in [6, 6.07) is 3.02. The number of aliphatic hydroxyl groups is 1. The van der Waals surface area contributed by atoms with Crippen LogP contribution in [-0.2, 0) is 36.8 Å². The summed E-state index contributed by atoms with van der Waals surface area (Å²) in [7, 11) is 0. The summed E-state index contributed by atoms with van der Waals surface area (Å²) >= 11 is 0. The van der Waals surface area contributed by atoms with Crippen LogP contribution >= 0.6 is 0 Å². The summed E-state index contributed by atoms with van der Waals surface area (Å²) in [4.78, 5) is 79.2. The number of aryl methyl sites for hydroxylation is 1. The number of hydrogen-bond acceptors (Lipinski definition) is 8. The Morgan fingerprint density at radius 3 is 2.22 bits per heavy atom. The van der Waals surface area contributed by atoms with Gasteiger partial charge in [0.2, 0.25) is 0 Å². The predicted octanol–water partition coefficient (Wildman–Crippen LogP) is 2.61. The molecule has 2 N–H and O–H groups in total. The maximum atomic E-state index is 14.2. The molecule has 0 aromatic heterocycles. The average Bonchev–Trinajstić information content (AvgIpc) is 2.75. The van der Waals surface area contributed by atoms with Gasteiger partial charge in [-0.2, -0.15) is 0 Å². The standard InChI is InChI=1S/C29H34O8/c1-13(2)21-23(33)19(15(4)31)25(35)29(37)26(36)22-24(34)20-17(11-27(22,5)12-28(21,29)6)16(8-7-14(3)30)9-10-18(20)32/h9-10,13,19,21-22,32,37H,7-8,11-12H2,1-6H3/t19?,21?,22?,27-,28-,29+/m1/s1. The highest BCUT2D eigenvalue weighted by molar-refractivity contribution is 6.32. The molecule has 6 atom stereocenters. The molecule has 0 aliphatic heterocycles. The highest BCUT2D eigenvalue weighted by Crippen LogP contribution is 2.63. The maximum Gasteiger partial charge on any atom is 0.190 e. The number of phenolic OH excluding ortho intramolecular Hbond substituents is 1. The van der Waals surface area contributed by atoms with Gasteiger partial charge in [-0.15, -0.1) is 0 Å². The number of ketones is 6. The second kappa shape index (κ2) is 8.51. The van der Waals surface area contributed by atoms with Crippen molar-refractivity contribution >= 4 is 34.7 Å². The van der Waals surface area contributed by atoms with E-state index in [0.717, 1.165) is 6.92 Å². The fourth-order valence-electron chi connectivity index (χ4n) is 7.74. The number of benzene rings is 1. The lowest BCUT2D eigenvalue weighted by Gasteiger charge is -2.61. The number of phenols is 1. The summed E-state index contributed by atoms with van der Waals surface area (Å²) < 4.78 is 0. The summed E-state index contributed by atoms with van der Waals surface area (Å²) in [6.07, 6.45) is 0.784. The van der Waals surface area contributed by atoms with Gasteiger partial charge < -0.3 is 15.0 Å². The van der Waals surface area contributed by atoms with Gasteiger partial charge >= 0.3 is 0 Å². The molecule has 1 aromatic rings. The van der Waals surface area contributed by atoms with E-state index in [-0.39, 0.29) is 36.4 Å². The maximum absolute atomic E-state index is 14.2. The summed E-state index contributed by atoms with van der Waals surface area (Å²) in [5, 5.41) is 22.6. The van der Waals surface area contributed by atoms with Gasteiger partial charge in [0.15, 0.2) is 28.7 Å². The molecule has 3 aliphatic carbocycles. The molecule has 3 unspecified atom stereocenters. The van der Waals surface area contributed by atoms with E-state index in [1.807, 2.05) is 0 Å². The van der Waals surface area contributed by atoms with Crippen molar-refractivity contribution in [3.8, 4) is 5.75 Å². The summed E-state index contributed by atoms with van der Waals surface area (Å²) in [5.74, 6) is -9.13. The second-order valence-corrected chi connectivity index (χ2v) is 12.1. The van der Waals surface area contributed by atoms with Gasteiger partial charge in [-0.25, -0.2) is 0 Å². The first kappa shape index (κ1) is 27.0. The Kier molecular flexibility index (Phi) is 6.22. The van der Waals surface area contributed by atoms with Crippen LogP contribution in [0, 0.1) is 34.5 Å². The first-order valence-electron chi connectivity index (χ1n) is 12.8. The van der Waals surface area contributed by atoms with Crippen LogP contribution < -0.4 is 0 Å². The number of fused-ring (bicyclic) bond motifs is 3. The van der Waals surface area contributed by atoms with Crippen molar-refractivity contribution in [2.24, 2.45) is 34.5 Å². The third-order valence-electron chi connectivity index (χ3n) is 9.11. The van der Waals surface area contributed by atoms with Gasteiger partial charge in [0.25, 0.3) is 0 Å². The Balaban J connectivity index is 1.94. The van der Waals surface area contributed by atoms with Crippen LogP contribution in [0.3, 0.4) is 0 Å². The van der Waals surface area contributed by atoms with Crippen LogP contribution in [0.1, 0.15) is 75.9 Å². The van der Waals surface area contributed by atoms with Gasteiger partial charge in [-0.1, -0.05) is 33.8 Å². The molecule has 0 heterocycles. The quantitative estimate of drug-likeness (QED) is 0.576. The van der Waals surface area contributed by atoms with Crippen LogP contribution in [0.15, 0.2) is 12.1 Å². The van der Waals surface area contributed by atoms with Crippen LogP contribution in [0.2, 0.25) is 0 Å². The zero-order chi connectivity index (χ0) is 27.8. The second-order valence-electron chi connectivity index (χ2n) is 12.1. The monoisotopic (exact) mass is 510 g/mol. The highest BCUT2D eigenvalue weighted by Gasteiger charge is 2.76. The third-order valence-corrected chi connectivity index (χ3v) is 9.11. The molecular formula is C29H34O8. The Labute approximate surface area is 215 Å². The zero-order valence-corrected chi connectivity index (χ0v) is 22.1. The number of carbonyl (C=O) groups is 6. The highest BCUT2D eigenvalue weighted by atomic mass is 16.3. The van der Waals surface area contributed by atoms with Crippen LogP contribution in [0.4, 0.5) is 0 Å². The van der Waals surface area contributed by atoms with E-state index < -0.39 is 69.0 Å². The molecule has 0 saturated heterocycles. The number of rotatable bonds is 5. The fourth-order valence-corrected chi connectivity index (χ4v) is 7.74. The lowest BCUT2D eigenvalue weighted by atomic mass is 9.40. The van der Waals surface area contributed by atoms with Gasteiger partial charge in [-0.05, 0) is 61.6 Å². The summed E-state index contributed by atoms with van der Waals surface area (Å²) in [5.41, 5.74) is -4.10. The molecule has 37 heavy (non-hydrogen) atoms. The Hall–Kier alpha value is -3.00. The van der Waals surface area contributed by atoms with Crippen LogP contribution in [0.5, 0.6) is 5.75 Å². The normalized spacial score (nSPS) is 35.2. The smallest absolute Gasteiger partial charge is 0.190 e. The Morgan fingerprint density at radius 2 is 1.68 bits per heavy atom. The lowest BCUT2D eigenvalue weighted by molar-refractivity contribution is -0.205. The number of carbonyl (C=O) groups excluding carboxylic acids is 6.